The molecule has 0 bridgehead atoms. The molecule has 0 aliphatic carbocycles. The number of alkyl halides is 3. The molecule has 0 aliphatic heterocycles. The first-order valence-electron chi connectivity index (χ1n) is 2.77. The molecular weight excluding hydrogens is 177 g/mol. The van der Waals surface area contributed by atoms with Crippen molar-refractivity contribution in [2.75, 3.05) is 5.32 Å². The van der Waals surface area contributed by atoms with Crippen LogP contribution in [0.4, 0.5) is 18.9 Å². The predicted octanol–water partition coefficient (Wildman–Crippen LogP) is 1.18. The lowest BCUT2D eigenvalue weighted by atomic mass is 10.5. The number of nitrogens with one attached hydrogen (secondary N) is 1. The average molecular weight is 180 g/mol. The van der Waals surface area contributed by atoms with Gasteiger partial charge in [0.2, 0.25) is 0 Å². The number of aromatic nitrogens is 1. The fraction of sp³-hybridized carbons (Fsp3) is 0.200. The predicted molar refractivity (Wildman–Crippen MR) is 31.2 cm³/mol. The first-order chi connectivity index (χ1) is 5.50. The summed E-state index contributed by atoms with van der Waals surface area (Å²) in [6.45, 7) is 0. The van der Waals surface area contributed by atoms with Crippen LogP contribution in [0.5, 0.6) is 0 Å². The lowest BCUT2D eigenvalue weighted by molar-refractivity contribution is -0.167. The lowest BCUT2D eigenvalue weighted by Gasteiger charge is -2.03. The molecule has 0 saturated heterocycles. The van der Waals surface area contributed by atoms with Crippen LogP contribution in [0.2, 0.25) is 0 Å². The molecule has 1 amide bonds. The molecule has 0 saturated carbocycles. The maximum atomic E-state index is 11.6. The number of carbonyl (C=O) groups is 1. The van der Waals surface area contributed by atoms with Crippen molar-refractivity contribution in [3.63, 3.8) is 0 Å². The number of nitrogens with zero attached hydrogens (tertiary/aromatic N) is 1. The van der Waals surface area contributed by atoms with Crippen LogP contribution in [0.3, 0.4) is 0 Å². The van der Waals surface area contributed by atoms with Gasteiger partial charge in [0.15, 0.2) is 0 Å². The molecule has 1 heterocycles. The Balaban J connectivity index is 2.60. The quantitative estimate of drug-likeness (QED) is 0.705. The third-order valence-corrected chi connectivity index (χ3v) is 0.948. The molecule has 0 spiro atoms. The van der Waals surface area contributed by atoms with Crippen molar-refractivity contribution >= 4 is 11.6 Å². The molecule has 1 aromatic heterocycles. The van der Waals surface area contributed by atoms with Gasteiger partial charge in [-0.1, -0.05) is 5.16 Å². The van der Waals surface area contributed by atoms with Gasteiger partial charge in [-0.3, -0.25) is 4.79 Å². The molecule has 1 rings (SSSR count). The Morgan fingerprint density at radius 1 is 1.58 bits per heavy atom. The van der Waals surface area contributed by atoms with Gasteiger partial charge in [0.1, 0.15) is 12.0 Å². The number of carbonyl (C=O) groups excluding carboxylic acids is 1. The highest BCUT2D eigenvalue weighted by atomic mass is 19.4. The monoisotopic (exact) mass is 180 g/mol. The molecule has 1 aromatic rings. The summed E-state index contributed by atoms with van der Waals surface area (Å²) in [5.74, 6) is -2.05. The Morgan fingerprint density at radius 2 is 2.25 bits per heavy atom. The second kappa shape index (κ2) is 2.84. The fourth-order valence-electron chi connectivity index (χ4n) is 0.469. The van der Waals surface area contributed by atoms with Crippen LogP contribution in [0, 0.1) is 0 Å². The van der Waals surface area contributed by atoms with Crippen molar-refractivity contribution in [1.29, 1.82) is 0 Å². The van der Waals surface area contributed by atoms with Crippen molar-refractivity contribution in [2.24, 2.45) is 0 Å². The SMILES string of the molecule is O=C(Nc1cnoc1)C(F)(F)F. The fourth-order valence-corrected chi connectivity index (χ4v) is 0.469. The van der Waals surface area contributed by atoms with Crippen molar-refractivity contribution in [3.8, 4) is 0 Å². The van der Waals surface area contributed by atoms with Gasteiger partial charge in [0.25, 0.3) is 0 Å². The summed E-state index contributed by atoms with van der Waals surface area (Å²) in [5.41, 5.74) is -0.127. The summed E-state index contributed by atoms with van der Waals surface area (Å²) in [5, 5.41) is 4.64. The highest BCUT2D eigenvalue weighted by Gasteiger charge is 2.38. The van der Waals surface area contributed by atoms with E-state index in [1.807, 2.05) is 0 Å². The molecule has 0 unspecified atom stereocenters. The standard InChI is InChI=1S/C5H3F3N2O2/c6-5(7,8)4(11)10-3-1-9-12-2-3/h1-2H,(H,10,11). The summed E-state index contributed by atoms with van der Waals surface area (Å²) in [4.78, 5) is 10.2. The number of amides is 1. The summed E-state index contributed by atoms with van der Waals surface area (Å²) < 4.78 is 38.9. The molecular formula is C5H3F3N2O2. The largest absolute Gasteiger partial charge is 0.471 e. The minimum atomic E-state index is -4.89. The van der Waals surface area contributed by atoms with E-state index in [0.29, 0.717) is 0 Å². The van der Waals surface area contributed by atoms with E-state index < -0.39 is 12.1 Å². The van der Waals surface area contributed by atoms with Crippen LogP contribution >= 0.6 is 0 Å². The van der Waals surface area contributed by atoms with Crippen LogP contribution in [-0.4, -0.2) is 17.2 Å². The third-order valence-electron chi connectivity index (χ3n) is 0.948. The number of hydrogen-bond donors (Lipinski definition) is 1. The van der Waals surface area contributed by atoms with Gasteiger partial charge in [-0.25, -0.2) is 0 Å². The second-order valence-corrected chi connectivity index (χ2v) is 1.86. The molecule has 66 valence electrons. The van der Waals surface area contributed by atoms with E-state index in [-0.39, 0.29) is 5.69 Å². The van der Waals surface area contributed by atoms with Gasteiger partial charge in [-0.15, -0.1) is 0 Å². The van der Waals surface area contributed by atoms with Crippen LogP contribution < -0.4 is 5.32 Å². The molecule has 0 aliphatic rings. The van der Waals surface area contributed by atoms with Crippen molar-refractivity contribution < 1.29 is 22.5 Å². The summed E-state index contributed by atoms with van der Waals surface area (Å²) in [6.07, 6.45) is -3.04. The van der Waals surface area contributed by atoms with E-state index in [1.165, 1.54) is 0 Å². The van der Waals surface area contributed by atoms with Crippen LogP contribution in [0.15, 0.2) is 17.0 Å². The number of rotatable bonds is 1. The van der Waals surface area contributed by atoms with E-state index in [1.54, 1.807) is 5.32 Å². The van der Waals surface area contributed by atoms with E-state index in [4.69, 9.17) is 0 Å². The zero-order valence-corrected chi connectivity index (χ0v) is 5.55. The zero-order chi connectivity index (χ0) is 9.19. The van der Waals surface area contributed by atoms with Gasteiger partial charge in [-0.2, -0.15) is 13.2 Å². The summed E-state index contributed by atoms with van der Waals surface area (Å²) in [6, 6.07) is 0. The van der Waals surface area contributed by atoms with Crippen LogP contribution in [0.25, 0.3) is 0 Å². The number of hydrogen-bond acceptors (Lipinski definition) is 3. The lowest BCUT2D eigenvalue weighted by Crippen LogP contribution is -2.29. The van der Waals surface area contributed by atoms with Crippen molar-refractivity contribution in [1.82, 2.24) is 5.16 Å². The van der Waals surface area contributed by atoms with Crippen LogP contribution in [0.1, 0.15) is 0 Å². The minimum Gasteiger partial charge on any atom is -0.363 e. The maximum absolute atomic E-state index is 11.6. The average Bonchev–Trinajstić information content (AvgIpc) is 2.37. The zero-order valence-electron chi connectivity index (χ0n) is 5.55. The Labute approximate surface area is 64.3 Å². The van der Waals surface area contributed by atoms with Crippen molar-refractivity contribution in [3.05, 3.63) is 12.5 Å². The Kier molecular flexibility index (Phi) is 2.03. The highest BCUT2D eigenvalue weighted by molar-refractivity contribution is 5.94. The molecule has 0 radical (unpaired) electrons. The van der Waals surface area contributed by atoms with E-state index in [0.717, 1.165) is 12.5 Å². The van der Waals surface area contributed by atoms with Crippen LogP contribution in [-0.2, 0) is 4.79 Å². The van der Waals surface area contributed by atoms with Gasteiger partial charge >= 0.3 is 12.1 Å². The molecule has 7 heteroatoms. The first-order valence-corrected chi connectivity index (χ1v) is 2.77. The Hall–Kier alpha value is -1.53. The Bertz CT molecular complexity index is 267. The normalized spacial score (nSPS) is 11.2. The minimum absolute atomic E-state index is 0.127. The van der Waals surface area contributed by atoms with E-state index in [9.17, 15) is 18.0 Å². The highest BCUT2D eigenvalue weighted by Crippen LogP contribution is 2.17. The smallest absolute Gasteiger partial charge is 0.363 e. The second-order valence-electron chi connectivity index (χ2n) is 1.86. The third kappa shape index (κ3) is 1.97. The summed E-state index contributed by atoms with van der Waals surface area (Å²) >= 11 is 0. The molecule has 1 N–H and O–H groups in total. The Morgan fingerprint density at radius 3 is 2.67 bits per heavy atom. The molecule has 0 atom stereocenters. The van der Waals surface area contributed by atoms with Gasteiger partial charge in [0, 0.05) is 0 Å². The van der Waals surface area contributed by atoms with Gasteiger partial charge < -0.3 is 9.84 Å². The molecule has 0 fully saturated rings. The first kappa shape index (κ1) is 8.57. The maximum Gasteiger partial charge on any atom is 0.471 e. The van der Waals surface area contributed by atoms with E-state index >= 15 is 0 Å². The summed E-state index contributed by atoms with van der Waals surface area (Å²) in [7, 11) is 0. The number of halogens is 3. The molecule has 12 heavy (non-hydrogen) atoms. The van der Waals surface area contributed by atoms with E-state index in [2.05, 4.69) is 9.68 Å². The molecule has 4 nitrogen and oxygen atoms in total. The van der Waals surface area contributed by atoms with Gasteiger partial charge in [0.05, 0.1) is 6.20 Å². The van der Waals surface area contributed by atoms with Crippen molar-refractivity contribution in [2.45, 2.75) is 6.18 Å². The number of anilines is 1. The van der Waals surface area contributed by atoms with Gasteiger partial charge in [-0.05, 0) is 0 Å². The molecule has 0 aromatic carbocycles. The topological polar surface area (TPSA) is 55.1 Å².